The molecular formula is C39H41FN2O6. The summed E-state index contributed by atoms with van der Waals surface area (Å²) in [7, 11) is 1.44. The minimum absolute atomic E-state index is 0.0711. The first-order valence-corrected chi connectivity index (χ1v) is 16.0. The van der Waals surface area contributed by atoms with Gasteiger partial charge in [0.2, 0.25) is 0 Å². The second-order valence-corrected chi connectivity index (χ2v) is 12.4. The van der Waals surface area contributed by atoms with Crippen LogP contribution in [0.2, 0.25) is 0 Å². The number of benzene rings is 3. The first-order chi connectivity index (χ1) is 23.1. The first kappa shape index (κ1) is 34.4. The van der Waals surface area contributed by atoms with Crippen molar-refractivity contribution >= 4 is 5.91 Å². The lowest BCUT2D eigenvalue weighted by molar-refractivity contribution is 0.0774. The van der Waals surface area contributed by atoms with Crippen molar-refractivity contribution in [2.75, 3.05) is 33.5 Å². The van der Waals surface area contributed by atoms with E-state index in [0.29, 0.717) is 41.0 Å². The maximum absolute atomic E-state index is 13.9. The van der Waals surface area contributed by atoms with Crippen LogP contribution in [0.1, 0.15) is 66.2 Å². The molecule has 1 aromatic heterocycles. The molecule has 0 fully saturated rings. The summed E-state index contributed by atoms with van der Waals surface area (Å²) >= 11 is 0. The molecule has 5 rings (SSSR count). The van der Waals surface area contributed by atoms with E-state index < -0.39 is 22.7 Å². The molecule has 9 heteroatoms. The molecule has 0 radical (unpaired) electrons. The number of pyridine rings is 1. The van der Waals surface area contributed by atoms with Gasteiger partial charge in [-0.05, 0) is 72.9 Å². The zero-order valence-electron chi connectivity index (χ0n) is 27.5. The minimum atomic E-state index is -1.99. The molecular weight excluding hydrogens is 611 g/mol. The van der Waals surface area contributed by atoms with Gasteiger partial charge in [0.25, 0.3) is 5.91 Å². The normalized spacial score (nSPS) is 16.9. The Kier molecular flexibility index (Phi) is 10.7. The van der Waals surface area contributed by atoms with Crippen LogP contribution in [-0.2, 0) is 11.0 Å². The number of terminal acetylenes is 1. The third kappa shape index (κ3) is 7.46. The monoisotopic (exact) mass is 652 g/mol. The van der Waals surface area contributed by atoms with Crippen LogP contribution in [0.3, 0.4) is 0 Å². The smallest absolute Gasteiger partial charge is 0.251 e. The lowest BCUT2D eigenvalue weighted by Gasteiger charge is -2.27. The summed E-state index contributed by atoms with van der Waals surface area (Å²) in [6, 6.07) is 22.7. The Labute approximate surface area is 280 Å². The van der Waals surface area contributed by atoms with E-state index >= 15 is 0 Å². The summed E-state index contributed by atoms with van der Waals surface area (Å²) < 4.78 is 31.0. The average Bonchev–Trinajstić information content (AvgIpc) is 3.45. The molecule has 1 aliphatic rings. The molecule has 8 nitrogen and oxygen atoms in total. The Bertz CT molecular complexity index is 1770. The number of aliphatic hydroxyl groups is 2. The summed E-state index contributed by atoms with van der Waals surface area (Å²) in [5, 5.41) is 23.6. The van der Waals surface area contributed by atoms with Crippen molar-refractivity contribution in [3.63, 3.8) is 0 Å². The number of carbonyl (C=O) groups excluding carboxylic acids is 1. The number of hydrogen-bond acceptors (Lipinski definition) is 7. The van der Waals surface area contributed by atoms with Gasteiger partial charge in [0.15, 0.2) is 17.1 Å². The highest BCUT2D eigenvalue weighted by molar-refractivity contribution is 5.95. The number of hydrogen-bond donors (Lipinski definition) is 3. The van der Waals surface area contributed by atoms with Gasteiger partial charge in [0.05, 0.1) is 32.6 Å². The van der Waals surface area contributed by atoms with E-state index in [1.54, 1.807) is 30.3 Å². The molecule has 1 unspecified atom stereocenters. The Morgan fingerprint density at radius 3 is 2.58 bits per heavy atom. The summed E-state index contributed by atoms with van der Waals surface area (Å²) in [5.41, 5.74) is 1.21. The van der Waals surface area contributed by atoms with Gasteiger partial charge in [-0.25, -0.2) is 9.37 Å². The fourth-order valence-electron chi connectivity index (χ4n) is 6.02. The predicted octanol–water partition coefficient (Wildman–Crippen LogP) is 6.14. The van der Waals surface area contributed by atoms with Gasteiger partial charge in [0.1, 0.15) is 23.9 Å². The number of nitrogens with zero attached hydrogens (tertiary/aromatic N) is 1. The quantitative estimate of drug-likeness (QED) is 0.140. The van der Waals surface area contributed by atoms with E-state index in [9.17, 15) is 14.3 Å². The molecule has 4 aromatic rings. The van der Waals surface area contributed by atoms with Crippen molar-refractivity contribution in [2.24, 2.45) is 0 Å². The van der Waals surface area contributed by atoms with E-state index in [1.807, 2.05) is 6.07 Å². The van der Waals surface area contributed by atoms with Crippen LogP contribution < -0.4 is 19.5 Å². The standard InChI is InChI=1S/C39H41FN2O6/c1-5-39(45,24-41-37(44)29-15-18-32(47-21-20-43)33(22-29)46-4)34-23-31-36(35(42-34)28-13-16-30(40)17-14-28)48-25-38(31,3)19-9-10-26(2)27-11-7-6-8-12-27/h1,6-8,11-18,22-23,26,43,45H,9-10,19-21,24-25H2,2-4H3,(H,41,44)/t26-,38-,39?/m1/s1. The van der Waals surface area contributed by atoms with Crippen LogP contribution in [-0.4, -0.2) is 54.6 Å². The fraction of sp³-hybridized carbons (Fsp3) is 0.333. The number of methoxy groups -OCH3 is 1. The van der Waals surface area contributed by atoms with Crippen LogP contribution in [0.25, 0.3) is 11.3 Å². The lowest BCUT2D eigenvalue weighted by atomic mass is 9.78. The van der Waals surface area contributed by atoms with E-state index in [2.05, 4.69) is 49.4 Å². The number of amides is 1. The van der Waals surface area contributed by atoms with Crippen molar-refractivity contribution in [1.82, 2.24) is 10.3 Å². The van der Waals surface area contributed by atoms with Crippen molar-refractivity contribution in [3.8, 4) is 40.8 Å². The second-order valence-electron chi connectivity index (χ2n) is 12.4. The summed E-state index contributed by atoms with van der Waals surface area (Å²) in [5.74, 6) is 3.20. The van der Waals surface area contributed by atoms with Gasteiger partial charge in [-0.2, -0.15) is 0 Å². The maximum Gasteiger partial charge on any atom is 0.251 e. The van der Waals surface area contributed by atoms with E-state index in [-0.39, 0.29) is 31.0 Å². The Balaban J connectivity index is 1.42. The molecule has 3 N–H and O–H groups in total. The van der Waals surface area contributed by atoms with Gasteiger partial charge >= 0.3 is 0 Å². The van der Waals surface area contributed by atoms with E-state index in [0.717, 1.165) is 24.8 Å². The van der Waals surface area contributed by atoms with Crippen molar-refractivity contribution < 1.29 is 33.6 Å². The third-order valence-electron chi connectivity index (χ3n) is 8.95. The van der Waals surface area contributed by atoms with Crippen LogP contribution in [0.4, 0.5) is 4.39 Å². The highest BCUT2D eigenvalue weighted by atomic mass is 19.1. The maximum atomic E-state index is 13.9. The van der Waals surface area contributed by atoms with Gasteiger partial charge in [-0.3, -0.25) is 4.79 Å². The van der Waals surface area contributed by atoms with Gasteiger partial charge in [0, 0.05) is 22.1 Å². The Hall–Kier alpha value is -4.91. The van der Waals surface area contributed by atoms with Crippen LogP contribution in [0.15, 0.2) is 78.9 Å². The number of aromatic nitrogens is 1. The third-order valence-corrected chi connectivity index (χ3v) is 8.95. The minimum Gasteiger partial charge on any atom is -0.493 e. The SMILES string of the molecule is C#CC(O)(CNC(=O)c1ccc(OCCO)c(OC)c1)c1cc2c(c(-c3ccc(F)cc3)n1)OC[C@@]2(C)CCC[C@@H](C)c1ccccc1. The highest BCUT2D eigenvalue weighted by Crippen LogP contribution is 2.48. The topological polar surface area (TPSA) is 110 Å². The number of ether oxygens (including phenoxy) is 3. The molecule has 0 spiro atoms. The van der Waals surface area contributed by atoms with Crippen molar-refractivity contribution in [2.45, 2.75) is 50.0 Å². The number of carbonyl (C=O) groups is 1. The molecule has 250 valence electrons. The van der Waals surface area contributed by atoms with Crippen LogP contribution in [0, 0.1) is 18.2 Å². The summed E-state index contributed by atoms with van der Waals surface area (Å²) in [4.78, 5) is 18.0. The molecule has 3 aromatic carbocycles. The number of aliphatic hydroxyl groups excluding tert-OH is 1. The first-order valence-electron chi connectivity index (χ1n) is 16.0. The number of fused-ring (bicyclic) bond motifs is 1. The number of nitrogens with one attached hydrogen (secondary N) is 1. The Morgan fingerprint density at radius 1 is 1.15 bits per heavy atom. The van der Waals surface area contributed by atoms with E-state index in [1.165, 1.54) is 30.9 Å². The largest absolute Gasteiger partial charge is 0.493 e. The average molecular weight is 653 g/mol. The van der Waals surface area contributed by atoms with Gasteiger partial charge in [-0.1, -0.05) is 56.5 Å². The number of halogens is 1. The van der Waals surface area contributed by atoms with E-state index in [4.69, 9.17) is 30.7 Å². The molecule has 1 aliphatic heterocycles. The van der Waals surface area contributed by atoms with Crippen LogP contribution in [0.5, 0.6) is 17.2 Å². The zero-order chi connectivity index (χ0) is 34.3. The molecule has 3 atom stereocenters. The summed E-state index contributed by atoms with van der Waals surface area (Å²) in [6.45, 7) is 4.32. The van der Waals surface area contributed by atoms with Crippen molar-refractivity contribution in [3.05, 3.63) is 107 Å². The highest BCUT2D eigenvalue weighted by Gasteiger charge is 2.41. The van der Waals surface area contributed by atoms with Crippen molar-refractivity contribution in [1.29, 1.82) is 0 Å². The lowest BCUT2D eigenvalue weighted by Crippen LogP contribution is -2.40. The van der Waals surface area contributed by atoms with Crippen LogP contribution >= 0.6 is 0 Å². The second kappa shape index (κ2) is 14.9. The van der Waals surface area contributed by atoms with Gasteiger partial charge < -0.3 is 29.7 Å². The summed E-state index contributed by atoms with van der Waals surface area (Å²) in [6.07, 6.45) is 8.67. The molecule has 0 bridgehead atoms. The fourth-order valence-corrected chi connectivity index (χ4v) is 6.02. The Morgan fingerprint density at radius 2 is 1.90 bits per heavy atom. The predicted molar refractivity (Wildman–Crippen MR) is 182 cm³/mol. The molecule has 2 heterocycles. The molecule has 0 saturated heterocycles. The molecule has 1 amide bonds. The van der Waals surface area contributed by atoms with Gasteiger partial charge in [-0.15, -0.1) is 6.42 Å². The molecule has 48 heavy (non-hydrogen) atoms. The molecule has 0 saturated carbocycles. The number of rotatable bonds is 14. The zero-order valence-corrected chi connectivity index (χ0v) is 27.5. The molecule has 0 aliphatic carbocycles.